The van der Waals surface area contributed by atoms with Crippen molar-refractivity contribution in [2.24, 2.45) is 0 Å². The van der Waals surface area contributed by atoms with Gasteiger partial charge in [0.25, 0.3) is 0 Å². The Morgan fingerprint density at radius 2 is 1.63 bits per heavy atom. The van der Waals surface area contributed by atoms with Crippen molar-refractivity contribution >= 4 is 22.6 Å². The molecule has 0 aromatic heterocycles. The van der Waals surface area contributed by atoms with Crippen molar-refractivity contribution in [1.29, 1.82) is 0 Å². The van der Waals surface area contributed by atoms with Crippen molar-refractivity contribution in [3.8, 4) is 34.1 Å². The van der Waals surface area contributed by atoms with Crippen molar-refractivity contribution < 1.29 is 18.9 Å². The summed E-state index contributed by atoms with van der Waals surface area (Å²) in [5.74, 6) is 3.11. The fourth-order valence-corrected chi connectivity index (χ4v) is 5.48. The lowest BCUT2D eigenvalue weighted by Crippen LogP contribution is -2.36. The van der Waals surface area contributed by atoms with Gasteiger partial charge in [-0.2, -0.15) is 0 Å². The van der Waals surface area contributed by atoms with Crippen LogP contribution in [0.5, 0.6) is 23.0 Å². The van der Waals surface area contributed by atoms with Crippen molar-refractivity contribution in [3.63, 3.8) is 0 Å². The molecule has 1 atom stereocenters. The molecule has 27 heavy (non-hydrogen) atoms. The number of halogens is 1. The van der Waals surface area contributed by atoms with Gasteiger partial charge in [-0.1, -0.05) is 0 Å². The summed E-state index contributed by atoms with van der Waals surface area (Å²) in [7, 11) is 8.98. The molecular formula is C21H24INO4. The molecule has 2 aromatic carbocycles. The van der Waals surface area contributed by atoms with E-state index >= 15 is 0 Å². The first-order valence-corrected chi connectivity index (χ1v) is 10.0. The van der Waals surface area contributed by atoms with Gasteiger partial charge in [-0.25, -0.2) is 0 Å². The zero-order valence-corrected chi connectivity index (χ0v) is 18.5. The molecule has 1 heterocycles. The molecule has 4 rings (SSSR count). The number of methoxy groups -OCH3 is 4. The van der Waals surface area contributed by atoms with Crippen molar-refractivity contribution in [1.82, 2.24) is 4.90 Å². The van der Waals surface area contributed by atoms with Gasteiger partial charge in [0.1, 0.15) is 0 Å². The predicted octanol–water partition coefficient (Wildman–Crippen LogP) is 4.08. The molecule has 2 aromatic rings. The second kappa shape index (κ2) is 7.05. The smallest absolute Gasteiger partial charge is 0.174 e. The summed E-state index contributed by atoms with van der Waals surface area (Å²) < 4.78 is 24.0. The van der Waals surface area contributed by atoms with E-state index in [1.54, 1.807) is 28.4 Å². The van der Waals surface area contributed by atoms with Crippen LogP contribution in [0, 0.1) is 3.57 Å². The zero-order chi connectivity index (χ0) is 19.3. The van der Waals surface area contributed by atoms with E-state index in [4.69, 9.17) is 18.9 Å². The van der Waals surface area contributed by atoms with E-state index in [1.165, 1.54) is 16.7 Å². The molecule has 0 spiro atoms. The Bertz CT molecular complexity index is 912. The quantitative estimate of drug-likeness (QED) is 0.616. The third-order valence-corrected chi connectivity index (χ3v) is 6.91. The number of hydrogen-bond acceptors (Lipinski definition) is 5. The maximum absolute atomic E-state index is 5.89. The summed E-state index contributed by atoms with van der Waals surface area (Å²) in [6, 6.07) is 4.50. The van der Waals surface area contributed by atoms with Crippen LogP contribution in [-0.4, -0.2) is 46.9 Å². The average molecular weight is 481 g/mol. The summed E-state index contributed by atoms with van der Waals surface area (Å²) in [5.41, 5.74) is 6.26. The fourth-order valence-electron chi connectivity index (χ4n) is 4.45. The van der Waals surface area contributed by atoms with Crippen molar-refractivity contribution in [2.45, 2.75) is 18.9 Å². The molecule has 0 N–H and O–H groups in total. The highest BCUT2D eigenvalue weighted by Crippen LogP contribution is 2.55. The van der Waals surface area contributed by atoms with Crippen LogP contribution in [0.1, 0.15) is 22.7 Å². The summed E-state index contributed by atoms with van der Waals surface area (Å²) >= 11 is 2.40. The summed E-state index contributed by atoms with van der Waals surface area (Å²) in [6.07, 6.45) is 1.95. The molecule has 0 saturated carbocycles. The molecule has 2 aliphatic rings. The maximum Gasteiger partial charge on any atom is 0.174 e. The van der Waals surface area contributed by atoms with E-state index in [0.717, 1.165) is 57.1 Å². The molecule has 0 bridgehead atoms. The lowest BCUT2D eigenvalue weighted by atomic mass is 9.76. The molecular weight excluding hydrogens is 457 g/mol. The molecule has 1 unspecified atom stereocenters. The number of ether oxygens (including phenoxy) is 4. The number of benzene rings is 2. The Balaban J connectivity index is 2.11. The molecule has 144 valence electrons. The first-order chi connectivity index (χ1) is 13.0. The zero-order valence-electron chi connectivity index (χ0n) is 16.3. The lowest BCUT2D eigenvalue weighted by molar-refractivity contribution is 0.226. The van der Waals surface area contributed by atoms with Gasteiger partial charge in [0.05, 0.1) is 32.0 Å². The summed E-state index contributed by atoms with van der Waals surface area (Å²) in [4.78, 5) is 2.44. The number of hydrogen-bond donors (Lipinski definition) is 0. The minimum absolute atomic E-state index is 0.322. The highest BCUT2D eigenvalue weighted by Gasteiger charge is 2.38. The van der Waals surface area contributed by atoms with Crippen LogP contribution in [0.3, 0.4) is 0 Å². The number of nitrogens with zero attached hydrogens (tertiary/aromatic N) is 1. The van der Waals surface area contributed by atoms with Crippen LogP contribution in [0.15, 0.2) is 12.1 Å². The van der Waals surface area contributed by atoms with Crippen LogP contribution in [0.2, 0.25) is 0 Å². The van der Waals surface area contributed by atoms with E-state index in [9.17, 15) is 0 Å². The van der Waals surface area contributed by atoms with Crippen LogP contribution >= 0.6 is 22.6 Å². The van der Waals surface area contributed by atoms with E-state index in [-0.39, 0.29) is 0 Å². The molecule has 1 aliphatic heterocycles. The third kappa shape index (κ3) is 2.68. The second-order valence-corrected chi connectivity index (χ2v) is 8.04. The Morgan fingerprint density at radius 3 is 2.26 bits per heavy atom. The van der Waals surface area contributed by atoms with Gasteiger partial charge < -0.3 is 18.9 Å². The van der Waals surface area contributed by atoms with Crippen LogP contribution in [0.25, 0.3) is 11.1 Å². The first kappa shape index (κ1) is 18.7. The van der Waals surface area contributed by atoms with Gasteiger partial charge in [-0.3, -0.25) is 4.90 Å². The number of likely N-dealkylation sites (N-methyl/N-ethyl adjacent to an activating group) is 1. The van der Waals surface area contributed by atoms with E-state index in [1.807, 2.05) is 0 Å². The second-order valence-electron chi connectivity index (χ2n) is 6.96. The van der Waals surface area contributed by atoms with Gasteiger partial charge in [-0.05, 0) is 76.9 Å². The molecule has 0 radical (unpaired) electrons. The minimum Gasteiger partial charge on any atom is -0.493 e. The number of fused-ring (bicyclic) bond motifs is 2. The molecule has 1 aliphatic carbocycles. The van der Waals surface area contributed by atoms with Crippen LogP contribution in [0.4, 0.5) is 0 Å². The van der Waals surface area contributed by atoms with Crippen LogP contribution < -0.4 is 18.9 Å². The van der Waals surface area contributed by atoms with Crippen molar-refractivity contribution in [2.75, 3.05) is 42.0 Å². The van der Waals surface area contributed by atoms with Gasteiger partial charge in [-0.15, -0.1) is 0 Å². The van der Waals surface area contributed by atoms with Gasteiger partial charge in [0.15, 0.2) is 23.0 Å². The lowest BCUT2D eigenvalue weighted by Gasteiger charge is -2.41. The third-order valence-electron chi connectivity index (χ3n) is 5.77. The SMILES string of the molecule is COc1cc2c(cc1OC)-c1c(OC)c(OC)c(I)c3c1C(C2)N(C)CC3. The van der Waals surface area contributed by atoms with Gasteiger partial charge >= 0.3 is 0 Å². The average Bonchev–Trinajstić information content (AvgIpc) is 2.69. The minimum atomic E-state index is 0.322. The maximum atomic E-state index is 5.89. The standard InChI is InChI=1S/C21H24INO4/c1-23-7-6-12-17-14(23)8-11-9-15(24-2)16(25-3)10-13(11)18(17)20(26-4)21(27-5)19(12)22/h9-10,14H,6-8H2,1-5H3. The molecule has 6 heteroatoms. The Hall–Kier alpha value is -1.67. The monoisotopic (exact) mass is 481 g/mol. The van der Waals surface area contributed by atoms with E-state index in [2.05, 4.69) is 46.7 Å². The van der Waals surface area contributed by atoms with E-state index < -0.39 is 0 Å². The highest BCUT2D eigenvalue weighted by atomic mass is 127. The van der Waals surface area contributed by atoms with Crippen molar-refractivity contribution in [3.05, 3.63) is 32.4 Å². The predicted molar refractivity (Wildman–Crippen MR) is 114 cm³/mol. The topological polar surface area (TPSA) is 40.2 Å². The van der Waals surface area contributed by atoms with E-state index in [0.29, 0.717) is 6.04 Å². The van der Waals surface area contributed by atoms with Gasteiger partial charge in [0, 0.05) is 18.2 Å². The molecule has 0 saturated heterocycles. The Kier molecular flexibility index (Phi) is 4.88. The molecule has 0 amide bonds. The number of rotatable bonds is 4. The fraction of sp³-hybridized carbons (Fsp3) is 0.429. The Morgan fingerprint density at radius 1 is 0.963 bits per heavy atom. The van der Waals surface area contributed by atoms with Crippen LogP contribution in [-0.2, 0) is 12.8 Å². The molecule has 0 fully saturated rings. The summed E-state index contributed by atoms with van der Waals surface area (Å²) in [6.45, 7) is 1.03. The normalized spacial score (nSPS) is 17.8. The Labute approximate surface area is 173 Å². The van der Waals surface area contributed by atoms with Gasteiger partial charge in [0.2, 0.25) is 0 Å². The largest absolute Gasteiger partial charge is 0.493 e. The highest BCUT2D eigenvalue weighted by molar-refractivity contribution is 14.1. The molecule has 5 nitrogen and oxygen atoms in total. The summed E-state index contributed by atoms with van der Waals surface area (Å²) in [5, 5.41) is 0. The first-order valence-electron chi connectivity index (χ1n) is 8.97.